The molecule has 2 aliphatic rings. The van der Waals surface area contributed by atoms with Crippen molar-refractivity contribution in [2.45, 2.75) is 6.42 Å². The topological polar surface area (TPSA) is 58.6 Å². The molecule has 2 saturated heterocycles. The number of ether oxygens (including phenoxy) is 1. The van der Waals surface area contributed by atoms with Crippen LogP contribution in [0.2, 0.25) is 0 Å². The van der Waals surface area contributed by atoms with Gasteiger partial charge in [0.05, 0.1) is 29.2 Å². The molecule has 0 saturated carbocycles. The molecular weight excluding hydrogens is 380 g/mol. The summed E-state index contributed by atoms with van der Waals surface area (Å²) >= 11 is 6.80. The van der Waals surface area contributed by atoms with Crippen LogP contribution in [-0.4, -0.2) is 69.4 Å². The summed E-state index contributed by atoms with van der Waals surface area (Å²) in [5.74, 6) is -0.0205. The van der Waals surface area contributed by atoms with Gasteiger partial charge in [0.1, 0.15) is 4.32 Å². The smallest absolute Gasteiger partial charge is 0.266 e. The lowest BCUT2D eigenvalue weighted by molar-refractivity contribution is -0.122. The Morgan fingerprint density at radius 3 is 2.85 bits per heavy atom. The lowest BCUT2D eigenvalue weighted by Crippen LogP contribution is -2.38. The second-order valence-corrected chi connectivity index (χ2v) is 8.09. The Morgan fingerprint density at radius 2 is 2.00 bits per heavy atom. The molecule has 0 aliphatic carbocycles. The molecule has 3 heterocycles. The highest BCUT2D eigenvalue weighted by molar-refractivity contribution is 8.26. The number of aromatic nitrogens is 2. The first-order chi connectivity index (χ1) is 13.2. The maximum Gasteiger partial charge on any atom is 0.266 e. The lowest BCUT2D eigenvalue weighted by atomic mass is 10.1. The van der Waals surface area contributed by atoms with Crippen molar-refractivity contribution in [1.82, 2.24) is 19.8 Å². The highest BCUT2D eigenvalue weighted by Crippen LogP contribution is 2.33. The van der Waals surface area contributed by atoms with E-state index in [0.717, 1.165) is 55.9 Å². The third kappa shape index (κ3) is 4.19. The zero-order valence-corrected chi connectivity index (χ0v) is 16.5. The maximum absolute atomic E-state index is 12.8. The van der Waals surface area contributed by atoms with E-state index in [0.29, 0.717) is 15.8 Å². The summed E-state index contributed by atoms with van der Waals surface area (Å²) in [5.41, 5.74) is 2.49. The summed E-state index contributed by atoms with van der Waals surface area (Å²) in [6.07, 6.45) is 6.11. The van der Waals surface area contributed by atoms with Gasteiger partial charge in [-0.25, -0.2) is 0 Å². The molecule has 8 heteroatoms. The normalized spacial score (nSPS) is 20.1. The van der Waals surface area contributed by atoms with Crippen molar-refractivity contribution in [3.05, 3.63) is 41.1 Å². The number of nitrogens with zero attached hydrogens (tertiary/aromatic N) is 4. The van der Waals surface area contributed by atoms with Crippen molar-refractivity contribution in [1.29, 1.82) is 0 Å². The van der Waals surface area contributed by atoms with Crippen LogP contribution in [0.25, 0.3) is 17.1 Å². The zero-order chi connectivity index (χ0) is 18.6. The first-order valence-corrected chi connectivity index (χ1v) is 10.2. The van der Waals surface area contributed by atoms with Crippen molar-refractivity contribution in [3.63, 3.8) is 0 Å². The molecule has 1 amide bonds. The largest absolute Gasteiger partial charge is 0.379 e. The average Bonchev–Trinajstić information content (AvgIpc) is 2.96. The van der Waals surface area contributed by atoms with E-state index in [-0.39, 0.29) is 5.91 Å². The number of rotatable bonds is 5. The minimum absolute atomic E-state index is 0.0205. The summed E-state index contributed by atoms with van der Waals surface area (Å²) in [5, 5.41) is 0. The fourth-order valence-corrected chi connectivity index (χ4v) is 4.54. The maximum atomic E-state index is 12.8. The molecule has 0 atom stereocenters. The minimum atomic E-state index is -0.0205. The molecular formula is C19H20N4O2S2. The van der Waals surface area contributed by atoms with Gasteiger partial charge in [0.15, 0.2) is 0 Å². The molecule has 1 aromatic carbocycles. The predicted octanol–water partition coefficient (Wildman–Crippen LogP) is 2.55. The Morgan fingerprint density at radius 1 is 1.19 bits per heavy atom. The van der Waals surface area contributed by atoms with Crippen LogP contribution in [0.3, 0.4) is 0 Å². The van der Waals surface area contributed by atoms with Gasteiger partial charge >= 0.3 is 0 Å². The van der Waals surface area contributed by atoms with Gasteiger partial charge in [0.2, 0.25) is 0 Å². The van der Waals surface area contributed by atoms with E-state index < -0.39 is 0 Å². The standard InChI is InChI=1S/C19H20N4O2S2/c24-18-16(13-14-3-1-4-15-17(14)21-6-5-20-15)27-19(26)23(18)8-2-7-22-9-11-25-12-10-22/h1,3-6,13H,2,7-12H2. The summed E-state index contributed by atoms with van der Waals surface area (Å²) in [4.78, 5) is 26.3. The number of carbonyl (C=O) groups excluding carboxylic acids is 1. The summed E-state index contributed by atoms with van der Waals surface area (Å²) < 4.78 is 5.99. The van der Waals surface area contributed by atoms with E-state index >= 15 is 0 Å². The van der Waals surface area contributed by atoms with Crippen molar-refractivity contribution in [2.75, 3.05) is 39.4 Å². The van der Waals surface area contributed by atoms with Crippen LogP contribution in [0, 0.1) is 0 Å². The van der Waals surface area contributed by atoms with Gasteiger partial charge in [-0.05, 0) is 18.6 Å². The third-order valence-electron chi connectivity index (χ3n) is 4.65. The highest BCUT2D eigenvalue weighted by atomic mass is 32.2. The van der Waals surface area contributed by atoms with Crippen molar-refractivity contribution < 1.29 is 9.53 Å². The Labute approximate surface area is 167 Å². The molecule has 2 aromatic rings. The summed E-state index contributed by atoms with van der Waals surface area (Å²) in [6, 6.07) is 5.78. The number of amides is 1. The van der Waals surface area contributed by atoms with Crippen LogP contribution < -0.4 is 0 Å². The lowest BCUT2D eigenvalue weighted by Gasteiger charge is -2.27. The van der Waals surface area contributed by atoms with E-state index in [4.69, 9.17) is 17.0 Å². The van der Waals surface area contributed by atoms with Gasteiger partial charge in [-0.1, -0.05) is 36.1 Å². The number of hydrogen-bond donors (Lipinski definition) is 0. The second-order valence-electron chi connectivity index (χ2n) is 6.41. The van der Waals surface area contributed by atoms with E-state index in [1.807, 2.05) is 24.3 Å². The summed E-state index contributed by atoms with van der Waals surface area (Å²) in [7, 11) is 0. The first-order valence-electron chi connectivity index (χ1n) is 8.97. The molecule has 4 rings (SSSR count). The van der Waals surface area contributed by atoms with Crippen LogP contribution >= 0.6 is 24.0 Å². The number of morpholine rings is 1. The quantitative estimate of drug-likeness (QED) is 0.565. The molecule has 0 bridgehead atoms. The molecule has 1 aromatic heterocycles. The Kier molecular flexibility index (Phi) is 5.77. The molecule has 2 aliphatic heterocycles. The predicted molar refractivity (Wildman–Crippen MR) is 111 cm³/mol. The number of thioether (sulfide) groups is 1. The van der Waals surface area contributed by atoms with Gasteiger partial charge in [-0.15, -0.1) is 0 Å². The Hall–Kier alpha value is -1.87. The van der Waals surface area contributed by atoms with E-state index in [2.05, 4.69) is 14.9 Å². The number of thiocarbonyl (C=S) groups is 1. The molecule has 0 spiro atoms. The van der Waals surface area contributed by atoms with Gasteiger partial charge in [-0.3, -0.25) is 24.6 Å². The van der Waals surface area contributed by atoms with Gasteiger partial charge in [0, 0.05) is 44.1 Å². The van der Waals surface area contributed by atoms with E-state index in [1.54, 1.807) is 17.3 Å². The number of hydrogen-bond acceptors (Lipinski definition) is 7. The fraction of sp³-hybridized carbons (Fsp3) is 0.368. The van der Waals surface area contributed by atoms with Crippen LogP contribution in [-0.2, 0) is 9.53 Å². The monoisotopic (exact) mass is 400 g/mol. The first kappa shape index (κ1) is 18.5. The van der Waals surface area contributed by atoms with Crippen molar-refractivity contribution in [3.8, 4) is 0 Å². The van der Waals surface area contributed by atoms with Crippen LogP contribution in [0.15, 0.2) is 35.5 Å². The molecule has 140 valence electrons. The molecule has 0 radical (unpaired) electrons. The van der Waals surface area contributed by atoms with Crippen molar-refractivity contribution in [2.24, 2.45) is 0 Å². The van der Waals surface area contributed by atoms with Crippen LogP contribution in [0.5, 0.6) is 0 Å². The zero-order valence-electron chi connectivity index (χ0n) is 14.8. The van der Waals surface area contributed by atoms with Crippen LogP contribution in [0.4, 0.5) is 0 Å². The van der Waals surface area contributed by atoms with Crippen LogP contribution in [0.1, 0.15) is 12.0 Å². The fourth-order valence-electron chi connectivity index (χ4n) is 3.24. The molecule has 2 fully saturated rings. The molecule has 0 unspecified atom stereocenters. The SMILES string of the molecule is O=C1C(=Cc2cccc3nccnc23)SC(=S)N1CCCN1CCOCC1. The minimum Gasteiger partial charge on any atom is -0.379 e. The molecule has 27 heavy (non-hydrogen) atoms. The average molecular weight is 401 g/mol. The van der Waals surface area contributed by atoms with E-state index in [1.165, 1.54) is 11.8 Å². The van der Waals surface area contributed by atoms with Gasteiger partial charge < -0.3 is 4.74 Å². The Bertz CT molecular complexity index is 891. The molecule has 0 N–H and O–H groups in total. The molecule has 6 nitrogen and oxygen atoms in total. The third-order valence-corrected chi connectivity index (χ3v) is 6.03. The number of benzene rings is 1. The van der Waals surface area contributed by atoms with Gasteiger partial charge in [0.25, 0.3) is 5.91 Å². The number of para-hydroxylation sites is 1. The Balaban J connectivity index is 1.44. The summed E-state index contributed by atoms with van der Waals surface area (Å²) in [6.45, 7) is 5.10. The van der Waals surface area contributed by atoms with Gasteiger partial charge in [-0.2, -0.15) is 0 Å². The van der Waals surface area contributed by atoms with Crippen molar-refractivity contribution >= 4 is 51.3 Å². The second kappa shape index (κ2) is 8.43. The van der Waals surface area contributed by atoms with E-state index in [9.17, 15) is 4.79 Å². The number of carbonyl (C=O) groups is 1. The highest BCUT2D eigenvalue weighted by Gasteiger charge is 2.31. The number of fused-ring (bicyclic) bond motifs is 1.